The van der Waals surface area contributed by atoms with Crippen LogP contribution in [0, 0.1) is 0 Å². The predicted octanol–water partition coefficient (Wildman–Crippen LogP) is 1.54. The van der Waals surface area contributed by atoms with Crippen LogP contribution in [-0.2, 0) is 9.59 Å². The summed E-state index contributed by atoms with van der Waals surface area (Å²) in [7, 11) is 0. The Kier molecular flexibility index (Phi) is 3.92. The van der Waals surface area contributed by atoms with E-state index in [1.54, 1.807) is 18.3 Å². The molecule has 0 atom stereocenters. The second kappa shape index (κ2) is 6.19. The zero-order chi connectivity index (χ0) is 15.4. The average molecular weight is 313 g/mol. The Balaban J connectivity index is 1.67. The number of rotatable bonds is 3. The monoisotopic (exact) mass is 313 g/mol. The molecule has 2 aromatic rings. The largest absolute Gasteiger partial charge is 0.348 e. The van der Waals surface area contributed by atoms with E-state index >= 15 is 0 Å². The Labute approximate surface area is 129 Å². The number of nitrogens with zero attached hydrogens (tertiary/aromatic N) is 2. The molecule has 0 saturated heterocycles. The third kappa shape index (κ3) is 3.18. The van der Waals surface area contributed by atoms with Crippen molar-refractivity contribution in [1.29, 1.82) is 0 Å². The number of hydrogen-bond acceptors (Lipinski definition) is 6. The van der Waals surface area contributed by atoms with Gasteiger partial charge in [-0.05, 0) is 23.6 Å². The standard InChI is InChI=1S/C14H11N5O2S/c20-12(19-16-8-9-3-2-6-22-9)7-11-14(21)18-13-10(17-11)4-1-5-15-13/h1-8,17H,(H,19,20)(H,15,18,21)/b11-7+,16-8+. The molecule has 7 nitrogen and oxygen atoms in total. The quantitative estimate of drug-likeness (QED) is 0.455. The fourth-order valence-corrected chi connectivity index (χ4v) is 2.36. The van der Waals surface area contributed by atoms with Crippen LogP contribution in [0.15, 0.2) is 52.7 Å². The lowest BCUT2D eigenvalue weighted by Gasteiger charge is -2.19. The number of amides is 2. The van der Waals surface area contributed by atoms with Crippen molar-refractivity contribution < 1.29 is 9.59 Å². The van der Waals surface area contributed by atoms with Gasteiger partial charge in [0.25, 0.3) is 11.8 Å². The van der Waals surface area contributed by atoms with Gasteiger partial charge in [-0.15, -0.1) is 11.3 Å². The van der Waals surface area contributed by atoms with E-state index in [4.69, 9.17) is 0 Å². The summed E-state index contributed by atoms with van der Waals surface area (Å²) in [6.07, 6.45) is 4.26. The van der Waals surface area contributed by atoms with Gasteiger partial charge in [0.1, 0.15) is 5.70 Å². The number of anilines is 2. The molecule has 2 aromatic heterocycles. The lowest BCUT2D eigenvalue weighted by molar-refractivity contribution is -0.117. The molecule has 2 amide bonds. The van der Waals surface area contributed by atoms with E-state index in [-0.39, 0.29) is 5.70 Å². The number of thiophene rings is 1. The first-order valence-electron chi connectivity index (χ1n) is 6.34. The van der Waals surface area contributed by atoms with E-state index < -0.39 is 11.8 Å². The van der Waals surface area contributed by atoms with Gasteiger partial charge in [-0.2, -0.15) is 5.10 Å². The number of fused-ring (bicyclic) bond motifs is 1. The molecule has 0 radical (unpaired) electrons. The molecular formula is C14H11N5O2S. The van der Waals surface area contributed by atoms with Crippen LogP contribution < -0.4 is 16.1 Å². The van der Waals surface area contributed by atoms with Crippen LogP contribution in [0.4, 0.5) is 11.5 Å². The highest BCUT2D eigenvalue weighted by atomic mass is 32.1. The molecule has 8 heteroatoms. The van der Waals surface area contributed by atoms with Crippen LogP contribution in [0.3, 0.4) is 0 Å². The van der Waals surface area contributed by atoms with Crippen molar-refractivity contribution in [2.45, 2.75) is 0 Å². The summed E-state index contributed by atoms with van der Waals surface area (Å²) < 4.78 is 0. The van der Waals surface area contributed by atoms with E-state index in [0.29, 0.717) is 11.5 Å². The van der Waals surface area contributed by atoms with Crippen LogP contribution in [0.2, 0.25) is 0 Å². The van der Waals surface area contributed by atoms with Gasteiger partial charge in [-0.3, -0.25) is 9.59 Å². The summed E-state index contributed by atoms with van der Waals surface area (Å²) >= 11 is 1.50. The SMILES string of the molecule is O=C(/C=C1/Nc2cccnc2NC1=O)N/N=C/c1cccs1. The molecule has 0 saturated carbocycles. The maximum absolute atomic E-state index is 11.9. The van der Waals surface area contributed by atoms with Gasteiger partial charge in [0.15, 0.2) is 5.82 Å². The van der Waals surface area contributed by atoms with Crippen LogP contribution in [0.1, 0.15) is 4.88 Å². The molecule has 3 rings (SSSR count). The minimum atomic E-state index is -0.502. The number of hydrogen-bond donors (Lipinski definition) is 3. The molecule has 0 spiro atoms. The van der Waals surface area contributed by atoms with Crippen LogP contribution in [0.5, 0.6) is 0 Å². The fourth-order valence-electron chi connectivity index (χ4n) is 1.77. The molecule has 1 aliphatic rings. The van der Waals surface area contributed by atoms with Crippen LogP contribution in [0.25, 0.3) is 0 Å². The van der Waals surface area contributed by atoms with Crippen molar-refractivity contribution >= 4 is 40.9 Å². The molecule has 3 N–H and O–H groups in total. The van der Waals surface area contributed by atoms with E-state index in [9.17, 15) is 9.59 Å². The molecule has 0 unspecified atom stereocenters. The summed E-state index contributed by atoms with van der Waals surface area (Å²) in [5.74, 6) is -0.498. The van der Waals surface area contributed by atoms with Crippen LogP contribution in [-0.4, -0.2) is 23.0 Å². The maximum Gasteiger partial charge on any atom is 0.273 e. The highest BCUT2D eigenvalue weighted by molar-refractivity contribution is 7.11. The minimum Gasteiger partial charge on any atom is -0.348 e. The van der Waals surface area contributed by atoms with E-state index in [1.165, 1.54) is 17.6 Å². The predicted molar refractivity (Wildman–Crippen MR) is 84.6 cm³/mol. The smallest absolute Gasteiger partial charge is 0.273 e. The van der Waals surface area contributed by atoms with Gasteiger partial charge in [-0.1, -0.05) is 6.07 Å². The summed E-state index contributed by atoms with van der Waals surface area (Å²) in [4.78, 5) is 28.6. The van der Waals surface area contributed by atoms with Crippen molar-refractivity contribution in [2.24, 2.45) is 5.10 Å². The van der Waals surface area contributed by atoms with Gasteiger partial charge in [0.2, 0.25) is 0 Å². The molecule has 1 aliphatic heterocycles. The topological polar surface area (TPSA) is 95.5 Å². The number of pyridine rings is 1. The lowest BCUT2D eigenvalue weighted by atomic mass is 10.2. The Bertz CT molecular complexity index is 767. The number of hydrazone groups is 1. The normalized spacial score (nSPS) is 15.3. The average Bonchev–Trinajstić information content (AvgIpc) is 3.01. The lowest BCUT2D eigenvalue weighted by Crippen LogP contribution is -2.28. The molecule has 0 fully saturated rings. The first kappa shape index (κ1) is 14.0. The Morgan fingerprint density at radius 3 is 3.05 bits per heavy atom. The highest BCUT2D eigenvalue weighted by Gasteiger charge is 2.20. The summed E-state index contributed by atoms with van der Waals surface area (Å²) in [6.45, 7) is 0. The first-order valence-corrected chi connectivity index (χ1v) is 7.22. The van der Waals surface area contributed by atoms with Crippen LogP contribution >= 0.6 is 11.3 Å². The molecule has 110 valence electrons. The molecular weight excluding hydrogens is 302 g/mol. The summed E-state index contributed by atoms with van der Waals surface area (Å²) in [5, 5.41) is 11.2. The van der Waals surface area contributed by atoms with Crippen molar-refractivity contribution in [3.05, 3.63) is 52.5 Å². The zero-order valence-corrected chi connectivity index (χ0v) is 12.1. The maximum atomic E-state index is 11.9. The van der Waals surface area contributed by atoms with Crippen molar-refractivity contribution in [3.8, 4) is 0 Å². The fraction of sp³-hybridized carbons (Fsp3) is 0. The molecule has 22 heavy (non-hydrogen) atoms. The second-order valence-electron chi connectivity index (χ2n) is 4.29. The zero-order valence-electron chi connectivity index (χ0n) is 11.2. The van der Waals surface area contributed by atoms with E-state index in [1.807, 2.05) is 17.5 Å². The van der Waals surface area contributed by atoms with Gasteiger partial charge >= 0.3 is 0 Å². The summed E-state index contributed by atoms with van der Waals surface area (Å²) in [5.41, 5.74) is 3.09. The number of nitrogens with one attached hydrogen (secondary N) is 3. The number of aromatic nitrogens is 1. The van der Waals surface area contributed by atoms with E-state index in [0.717, 1.165) is 11.0 Å². The van der Waals surface area contributed by atoms with Gasteiger partial charge in [-0.25, -0.2) is 10.4 Å². The Morgan fingerprint density at radius 2 is 2.23 bits per heavy atom. The Morgan fingerprint density at radius 1 is 1.32 bits per heavy atom. The van der Waals surface area contributed by atoms with E-state index in [2.05, 4.69) is 26.1 Å². The van der Waals surface area contributed by atoms with Crippen molar-refractivity contribution in [1.82, 2.24) is 10.4 Å². The minimum absolute atomic E-state index is 0.129. The molecule has 0 aromatic carbocycles. The van der Waals surface area contributed by atoms with Gasteiger partial charge in [0.05, 0.1) is 11.9 Å². The molecule has 0 bridgehead atoms. The van der Waals surface area contributed by atoms with Crippen molar-refractivity contribution in [3.63, 3.8) is 0 Å². The number of carbonyl (C=O) groups is 2. The third-order valence-electron chi connectivity index (χ3n) is 2.74. The van der Waals surface area contributed by atoms with Gasteiger partial charge < -0.3 is 10.6 Å². The molecule has 3 heterocycles. The summed E-state index contributed by atoms with van der Waals surface area (Å²) in [6, 6.07) is 7.24. The second-order valence-corrected chi connectivity index (χ2v) is 5.27. The Hall–Kier alpha value is -3.00. The third-order valence-corrected chi connectivity index (χ3v) is 3.55. The van der Waals surface area contributed by atoms with Gasteiger partial charge in [0, 0.05) is 17.2 Å². The highest BCUT2D eigenvalue weighted by Crippen LogP contribution is 2.24. The van der Waals surface area contributed by atoms with Crippen molar-refractivity contribution in [2.75, 3.05) is 10.6 Å². The number of carbonyl (C=O) groups excluding carboxylic acids is 2. The molecule has 0 aliphatic carbocycles. The first-order chi connectivity index (χ1) is 10.7.